The Bertz CT molecular complexity index is 1080. The molecular weight excluding hydrogens is 417 g/mol. The van der Waals surface area contributed by atoms with E-state index in [2.05, 4.69) is 11.2 Å². The first kappa shape index (κ1) is 22.6. The molecule has 160 valence electrons. The molecule has 0 aromatic heterocycles. The number of ether oxygens (including phenoxy) is 1. The Morgan fingerprint density at radius 1 is 1.45 bits per heavy atom. The molecule has 0 saturated carbocycles. The van der Waals surface area contributed by atoms with E-state index in [0.29, 0.717) is 16.9 Å². The van der Waals surface area contributed by atoms with E-state index in [1.165, 1.54) is 30.2 Å². The summed E-state index contributed by atoms with van der Waals surface area (Å²) < 4.78 is 19.5. The number of carbonyl (C=O) groups is 1. The number of rotatable bonds is 5. The molecule has 0 radical (unpaired) electrons. The third-order valence-corrected chi connectivity index (χ3v) is 5.63. The number of thioether (sulfide) groups is 1. The van der Waals surface area contributed by atoms with E-state index < -0.39 is 24.0 Å². The summed E-state index contributed by atoms with van der Waals surface area (Å²) in [6.07, 6.45) is 6.06. The van der Waals surface area contributed by atoms with Gasteiger partial charge in [0.25, 0.3) is 0 Å². The number of benzene rings is 2. The van der Waals surface area contributed by atoms with Crippen LogP contribution in [0.15, 0.2) is 47.9 Å². The van der Waals surface area contributed by atoms with Crippen LogP contribution in [-0.2, 0) is 11.3 Å². The predicted octanol–water partition coefficient (Wildman–Crippen LogP) is 3.68. The Labute approximate surface area is 184 Å². The summed E-state index contributed by atoms with van der Waals surface area (Å²) in [6, 6.07) is 8.00. The number of methoxy groups -OCH3 is 1. The van der Waals surface area contributed by atoms with Gasteiger partial charge in [0.15, 0.2) is 5.17 Å². The van der Waals surface area contributed by atoms with E-state index in [1.54, 1.807) is 36.6 Å². The molecule has 6 nitrogen and oxygen atoms in total. The summed E-state index contributed by atoms with van der Waals surface area (Å²) in [7, 11) is 1.42. The van der Waals surface area contributed by atoms with Crippen LogP contribution in [0.25, 0.3) is 0 Å². The van der Waals surface area contributed by atoms with Crippen molar-refractivity contribution >= 4 is 22.8 Å². The molecule has 2 unspecified atom stereocenters. The molecule has 0 saturated heterocycles. The van der Waals surface area contributed by atoms with E-state index in [1.807, 2.05) is 0 Å². The van der Waals surface area contributed by atoms with Crippen molar-refractivity contribution in [3.8, 4) is 18.1 Å². The average Bonchev–Trinajstić information content (AvgIpc) is 3.08. The number of aliphatic hydroxyl groups is 1. The number of aliphatic hydroxyl groups excluding tert-OH is 1. The highest BCUT2D eigenvalue weighted by Gasteiger charge is 2.40. The van der Waals surface area contributed by atoms with Gasteiger partial charge in [0.05, 0.1) is 7.11 Å². The number of terminal acetylenes is 1. The number of hydrogen-bond donors (Lipinski definition) is 3. The molecule has 1 aliphatic heterocycles. The maximum atomic E-state index is 14.1. The van der Waals surface area contributed by atoms with E-state index in [9.17, 15) is 14.3 Å². The molecule has 8 heteroatoms. The van der Waals surface area contributed by atoms with Crippen molar-refractivity contribution in [2.24, 2.45) is 0 Å². The van der Waals surface area contributed by atoms with Crippen molar-refractivity contribution in [1.82, 2.24) is 10.2 Å². The van der Waals surface area contributed by atoms with Gasteiger partial charge >= 0.3 is 0 Å². The second-order valence-corrected chi connectivity index (χ2v) is 7.71. The Morgan fingerprint density at radius 2 is 2.23 bits per heavy atom. The number of fused-ring (bicyclic) bond motifs is 1. The average molecular weight is 440 g/mol. The van der Waals surface area contributed by atoms with E-state index in [4.69, 9.17) is 16.6 Å². The van der Waals surface area contributed by atoms with Crippen molar-refractivity contribution in [3.05, 3.63) is 76.0 Å². The van der Waals surface area contributed by atoms with Crippen molar-refractivity contribution in [1.29, 1.82) is 5.41 Å². The lowest BCUT2D eigenvalue weighted by Gasteiger charge is -2.30. The molecule has 0 spiro atoms. The predicted molar refractivity (Wildman–Crippen MR) is 119 cm³/mol. The quantitative estimate of drug-likeness (QED) is 0.376. The first-order valence-corrected chi connectivity index (χ1v) is 10.3. The number of allylic oxidation sites excluding steroid dienone is 1. The third-order valence-electron chi connectivity index (χ3n) is 4.88. The number of halogens is 1. The Balaban J connectivity index is 2.03. The molecule has 1 amide bonds. The van der Waals surface area contributed by atoms with Crippen LogP contribution < -0.4 is 10.1 Å². The third kappa shape index (κ3) is 4.80. The summed E-state index contributed by atoms with van der Waals surface area (Å²) >= 11 is 1.03. The summed E-state index contributed by atoms with van der Waals surface area (Å²) in [5, 5.41) is 23.1. The number of amides is 1. The fourth-order valence-corrected chi connectivity index (χ4v) is 3.93. The number of hydrogen-bond acceptors (Lipinski definition) is 6. The standard InChI is InChI=1S/C23H22FN3O3S/c1-4-10-31-23(25)26-21(28)20(18-12-16(24)8-9-19(18)30-3)27-13-15-7-6-14(5-2)11-17(15)22(27)29/h2,4,6-12,20,22,29H,13H2,1,3H3,(H2,25,26,28)/b10-4-. The van der Waals surface area contributed by atoms with Gasteiger partial charge in [0, 0.05) is 23.2 Å². The molecular formula is C23H22FN3O3S. The van der Waals surface area contributed by atoms with Gasteiger partial charge in [-0.3, -0.25) is 15.1 Å². The Kier molecular flexibility index (Phi) is 7.13. The number of nitrogens with one attached hydrogen (secondary N) is 2. The molecule has 2 atom stereocenters. The number of nitrogens with zero attached hydrogens (tertiary/aromatic N) is 1. The SMILES string of the molecule is C#Cc1ccc2c(c1)C(O)N(C(C(=O)NC(=N)S/C=C\C)c1cc(F)ccc1OC)C2. The fraction of sp³-hybridized carbons (Fsp3) is 0.217. The van der Waals surface area contributed by atoms with Crippen LogP contribution in [0.3, 0.4) is 0 Å². The van der Waals surface area contributed by atoms with Crippen LogP contribution in [0, 0.1) is 23.6 Å². The monoisotopic (exact) mass is 439 g/mol. The van der Waals surface area contributed by atoms with E-state index in [0.717, 1.165) is 17.3 Å². The maximum Gasteiger partial charge on any atom is 0.248 e. The van der Waals surface area contributed by atoms with Crippen molar-refractivity contribution in [3.63, 3.8) is 0 Å². The molecule has 31 heavy (non-hydrogen) atoms. The second-order valence-electron chi connectivity index (χ2n) is 6.80. The van der Waals surface area contributed by atoms with Gasteiger partial charge in [-0.1, -0.05) is 29.8 Å². The number of carbonyl (C=O) groups excluding carboxylic acids is 1. The van der Waals surface area contributed by atoms with Crippen LogP contribution in [0.2, 0.25) is 0 Å². The Hall–Kier alpha value is -3.12. The molecule has 2 aromatic carbocycles. The molecule has 1 aliphatic rings. The van der Waals surface area contributed by atoms with Crippen LogP contribution in [0.1, 0.15) is 41.4 Å². The first-order chi connectivity index (χ1) is 14.9. The second kappa shape index (κ2) is 9.79. The molecule has 3 rings (SSSR count). The minimum Gasteiger partial charge on any atom is -0.496 e. The fourth-order valence-electron chi connectivity index (χ4n) is 3.50. The highest BCUT2D eigenvalue weighted by molar-refractivity contribution is 8.16. The lowest BCUT2D eigenvalue weighted by molar-refractivity contribution is -0.130. The minimum absolute atomic E-state index is 0.0933. The van der Waals surface area contributed by atoms with Gasteiger partial charge in [0.2, 0.25) is 5.91 Å². The van der Waals surface area contributed by atoms with Gasteiger partial charge in [-0.15, -0.1) is 6.42 Å². The highest BCUT2D eigenvalue weighted by Crippen LogP contribution is 2.41. The minimum atomic E-state index is -1.15. The largest absolute Gasteiger partial charge is 0.496 e. The highest BCUT2D eigenvalue weighted by atomic mass is 32.2. The smallest absolute Gasteiger partial charge is 0.248 e. The Morgan fingerprint density at radius 3 is 2.90 bits per heavy atom. The number of amidine groups is 1. The van der Waals surface area contributed by atoms with Crippen molar-refractivity contribution in [2.75, 3.05) is 7.11 Å². The summed E-state index contributed by atoms with van der Waals surface area (Å²) in [5.74, 6) is 1.69. The summed E-state index contributed by atoms with van der Waals surface area (Å²) in [5.41, 5.74) is 2.24. The molecule has 2 aromatic rings. The molecule has 0 aliphatic carbocycles. The molecule has 3 N–H and O–H groups in total. The maximum absolute atomic E-state index is 14.1. The zero-order valence-corrected chi connectivity index (χ0v) is 17.9. The normalized spacial score (nSPS) is 16.5. The molecule has 1 heterocycles. The molecule has 0 bridgehead atoms. The van der Waals surface area contributed by atoms with Crippen LogP contribution in [0.4, 0.5) is 4.39 Å². The zero-order chi connectivity index (χ0) is 22.5. The topological polar surface area (TPSA) is 85.7 Å². The lowest BCUT2D eigenvalue weighted by atomic mass is 10.0. The van der Waals surface area contributed by atoms with E-state index in [-0.39, 0.29) is 17.3 Å². The molecule has 0 fully saturated rings. The van der Waals surface area contributed by atoms with Crippen molar-refractivity contribution < 1.29 is 19.0 Å². The van der Waals surface area contributed by atoms with Gasteiger partial charge in [-0.2, -0.15) is 0 Å². The van der Waals surface area contributed by atoms with Gasteiger partial charge in [0.1, 0.15) is 23.8 Å². The summed E-state index contributed by atoms with van der Waals surface area (Å²) in [4.78, 5) is 14.8. The summed E-state index contributed by atoms with van der Waals surface area (Å²) in [6.45, 7) is 2.03. The van der Waals surface area contributed by atoms with Gasteiger partial charge in [-0.25, -0.2) is 4.39 Å². The van der Waals surface area contributed by atoms with Crippen LogP contribution >= 0.6 is 11.8 Å². The van der Waals surface area contributed by atoms with Crippen molar-refractivity contribution in [2.45, 2.75) is 25.7 Å². The lowest BCUT2D eigenvalue weighted by Crippen LogP contribution is -2.41. The van der Waals surface area contributed by atoms with Crippen LogP contribution in [-0.4, -0.2) is 28.2 Å². The van der Waals surface area contributed by atoms with Gasteiger partial charge < -0.3 is 15.2 Å². The first-order valence-electron chi connectivity index (χ1n) is 9.43. The van der Waals surface area contributed by atoms with E-state index >= 15 is 0 Å². The van der Waals surface area contributed by atoms with Crippen LogP contribution in [0.5, 0.6) is 5.75 Å². The zero-order valence-electron chi connectivity index (χ0n) is 17.1. The van der Waals surface area contributed by atoms with Gasteiger partial charge in [-0.05, 0) is 48.2 Å².